The first-order chi connectivity index (χ1) is 7.70. The van der Waals surface area contributed by atoms with Crippen molar-refractivity contribution in [2.45, 2.75) is 32.3 Å². The molecule has 0 saturated carbocycles. The molecule has 0 amide bonds. The zero-order valence-electron chi connectivity index (χ0n) is 9.31. The number of hydrogen-bond donors (Lipinski definition) is 2. The molecule has 4 heteroatoms. The van der Waals surface area contributed by atoms with Gasteiger partial charge in [0.05, 0.1) is 0 Å². The summed E-state index contributed by atoms with van der Waals surface area (Å²) in [5.41, 5.74) is 8.21. The summed E-state index contributed by atoms with van der Waals surface area (Å²) in [7, 11) is 0. The van der Waals surface area contributed by atoms with Crippen LogP contribution < -0.4 is 10.5 Å². The van der Waals surface area contributed by atoms with Gasteiger partial charge in [0.15, 0.2) is 11.9 Å². The van der Waals surface area contributed by atoms with E-state index >= 15 is 0 Å². The second-order valence-electron chi connectivity index (χ2n) is 4.07. The number of rotatable bonds is 3. The Morgan fingerprint density at radius 3 is 2.94 bits per heavy atom. The van der Waals surface area contributed by atoms with Crippen molar-refractivity contribution in [1.82, 2.24) is 0 Å². The Bertz CT molecular complexity index is 415. The van der Waals surface area contributed by atoms with E-state index in [0.717, 1.165) is 18.6 Å². The van der Waals surface area contributed by atoms with Crippen molar-refractivity contribution in [2.24, 2.45) is 10.9 Å². The van der Waals surface area contributed by atoms with Gasteiger partial charge in [-0.15, -0.1) is 0 Å². The molecule has 0 fully saturated rings. The Labute approximate surface area is 94.7 Å². The minimum Gasteiger partial charge on any atom is -0.483 e. The van der Waals surface area contributed by atoms with Crippen molar-refractivity contribution in [3.8, 4) is 5.75 Å². The maximum absolute atomic E-state index is 8.52. The molecular formula is C12H16N2O2. The van der Waals surface area contributed by atoms with Gasteiger partial charge in [0.25, 0.3) is 0 Å². The van der Waals surface area contributed by atoms with Crippen molar-refractivity contribution < 1.29 is 9.94 Å². The lowest BCUT2D eigenvalue weighted by atomic mass is 10.1. The van der Waals surface area contributed by atoms with Crippen molar-refractivity contribution >= 4 is 5.84 Å². The molecule has 4 nitrogen and oxygen atoms in total. The minimum absolute atomic E-state index is 0.0838. The molecule has 0 saturated heterocycles. The highest BCUT2D eigenvalue weighted by Gasteiger charge is 2.13. The van der Waals surface area contributed by atoms with Gasteiger partial charge < -0.3 is 15.7 Å². The van der Waals surface area contributed by atoms with Gasteiger partial charge in [-0.2, -0.15) is 0 Å². The Morgan fingerprint density at radius 1 is 1.44 bits per heavy atom. The summed E-state index contributed by atoms with van der Waals surface area (Å²) in [5, 5.41) is 11.4. The van der Waals surface area contributed by atoms with E-state index in [4.69, 9.17) is 15.7 Å². The fraction of sp³-hybridized carbons (Fsp3) is 0.417. The lowest BCUT2D eigenvalue weighted by Gasteiger charge is -2.13. The normalized spacial score (nSPS) is 16.9. The number of amidine groups is 1. The average Bonchev–Trinajstić information content (AvgIpc) is 2.75. The molecule has 3 N–H and O–H groups in total. The predicted molar refractivity (Wildman–Crippen MR) is 62.0 cm³/mol. The summed E-state index contributed by atoms with van der Waals surface area (Å²) >= 11 is 0. The third-order valence-electron chi connectivity index (χ3n) is 2.91. The zero-order valence-corrected chi connectivity index (χ0v) is 9.31. The fourth-order valence-electron chi connectivity index (χ4n) is 1.97. The van der Waals surface area contributed by atoms with Crippen molar-refractivity contribution in [3.63, 3.8) is 0 Å². The number of fused-ring (bicyclic) bond motifs is 1. The maximum atomic E-state index is 8.52. The first-order valence-corrected chi connectivity index (χ1v) is 5.46. The fourth-order valence-corrected chi connectivity index (χ4v) is 1.97. The van der Waals surface area contributed by atoms with Gasteiger partial charge in [-0.25, -0.2) is 0 Å². The van der Waals surface area contributed by atoms with Crippen molar-refractivity contribution in [1.29, 1.82) is 0 Å². The van der Waals surface area contributed by atoms with Gasteiger partial charge in [-0.05, 0) is 49.4 Å². The second-order valence-corrected chi connectivity index (χ2v) is 4.07. The number of hydrogen-bond acceptors (Lipinski definition) is 3. The molecule has 0 heterocycles. The molecule has 0 bridgehead atoms. The summed E-state index contributed by atoms with van der Waals surface area (Å²) in [6, 6.07) is 6.07. The molecule has 0 spiro atoms. The summed E-state index contributed by atoms with van der Waals surface area (Å²) in [4.78, 5) is 0. The molecule has 86 valence electrons. The van der Waals surface area contributed by atoms with Crippen LogP contribution >= 0.6 is 0 Å². The first kappa shape index (κ1) is 10.8. The summed E-state index contributed by atoms with van der Waals surface area (Å²) < 4.78 is 5.58. The number of oxime groups is 1. The molecule has 2 rings (SSSR count). The Hall–Kier alpha value is -1.71. The lowest BCUT2D eigenvalue weighted by molar-refractivity contribution is 0.265. The third kappa shape index (κ3) is 2.10. The van der Waals surface area contributed by atoms with Crippen LogP contribution in [0.15, 0.2) is 23.4 Å². The highest BCUT2D eigenvalue weighted by atomic mass is 16.5. The Morgan fingerprint density at radius 2 is 2.19 bits per heavy atom. The molecular weight excluding hydrogens is 204 g/mol. The van der Waals surface area contributed by atoms with E-state index < -0.39 is 6.10 Å². The Kier molecular flexibility index (Phi) is 2.99. The van der Waals surface area contributed by atoms with E-state index in [9.17, 15) is 0 Å². The van der Waals surface area contributed by atoms with Crippen LogP contribution in [0.5, 0.6) is 5.75 Å². The van der Waals surface area contributed by atoms with Crippen LogP contribution in [0.25, 0.3) is 0 Å². The predicted octanol–water partition coefficient (Wildman–Crippen LogP) is 1.69. The third-order valence-corrected chi connectivity index (χ3v) is 2.91. The van der Waals surface area contributed by atoms with Gasteiger partial charge in [0, 0.05) is 0 Å². The lowest BCUT2D eigenvalue weighted by Crippen LogP contribution is -2.31. The van der Waals surface area contributed by atoms with Gasteiger partial charge in [-0.1, -0.05) is 11.2 Å². The number of nitrogens with two attached hydrogens (primary N) is 1. The topological polar surface area (TPSA) is 67.8 Å². The average molecular weight is 220 g/mol. The molecule has 0 aromatic heterocycles. The van der Waals surface area contributed by atoms with Crippen LogP contribution in [0, 0.1) is 0 Å². The molecule has 1 aliphatic rings. The molecule has 0 aliphatic heterocycles. The summed E-state index contributed by atoms with van der Waals surface area (Å²) in [6.07, 6.45) is 3.08. The number of benzene rings is 1. The van der Waals surface area contributed by atoms with Crippen molar-refractivity contribution in [3.05, 3.63) is 29.3 Å². The van der Waals surface area contributed by atoms with Gasteiger partial charge >= 0.3 is 0 Å². The van der Waals surface area contributed by atoms with E-state index in [2.05, 4.69) is 11.2 Å². The monoisotopic (exact) mass is 220 g/mol. The van der Waals surface area contributed by atoms with E-state index in [-0.39, 0.29) is 5.84 Å². The maximum Gasteiger partial charge on any atom is 0.180 e. The zero-order chi connectivity index (χ0) is 11.5. The molecule has 0 radical (unpaired) electrons. The molecule has 1 aromatic rings. The van der Waals surface area contributed by atoms with Gasteiger partial charge in [-0.3, -0.25) is 0 Å². The van der Waals surface area contributed by atoms with Crippen molar-refractivity contribution in [2.75, 3.05) is 0 Å². The van der Waals surface area contributed by atoms with Gasteiger partial charge in [0.1, 0.15) is 5.75 Å². The van der Waals surface area contributed by atoms with Crippen LogP contribution in [0.4, 0.5) is 0 Å². The van der Waals surface area contributed by atoms with Crippen LogP contribution in [0.2, 0.25) is 0 Å². The standard InChI is InChI=1S/C12H16N2O2/c1-8(12(13)14-15)16-11-6-5-9-3-2-4-10(9)7-11/h5-8,15H,2-4H2,1H3,(H2,13,14). The number of ether oxygens (including phenoxy) is 1. The molecule has 1 unspecified atom stereocenters. The van der Waals surface area contributed by atoms with Crippen LogP contribution in [0.1, 0.15) is 24.5 Å². The van der Waals surface area contributed by atoms with Crippen LogP contribution in [-0.4, -0.2) is 17.1 Å². The smallest absolute Gasteiger partial charge is 0.180 e. The molecule has 1 aliphatic carbocycles. The molecule has 1 aromatic carbocycles. The number of aryl methyl sites for hydroxylation is 2. The van der Waals surface area contributed by atoms with Gasteiger partial charge in [0.2, 0.25) is 0 Å². The van der Waals surface area contributed by atoms with Crippen LogP contribution in [0.3, 0.4) is 0 Å². The largest absolute Gasteiger partial charge is 0.483 e. The number of nitrogens with zero attached hydrogens (tertiary/aromatic N) is 1. The molecule has 16 heavy (non-hydrogen) atoms. The highest BCUT2D eigenvalue weighted by Crippen LogP contribution is 2.26. The summed E-state index contributed by atoms with van der Waals surface area (Å²) in [5.74, 6) is 0.861. The highest BCUT2D eigenvalue weighted by molar-refractivity contribution is 5.84. The van der Waals surface area contributed by atoms with E-state index in [0.29, 0.717) is 0 Å². The SMILES string of the molecule is CC(Oc1ccc2c(c1)CCC2)C(N)=NO. The molecule has 1 atom stereocenters. The van der Waals surface area contributed by atoms with E-state index in [1.165, 1.54) is 17.5 Å². The minimum atomic E-state index is -0.413. The second kappa shape index (κ2) is 4.43. The first-order valence-electron chi connectivity index (χ1n) is 5.46. The van der Waals surface area contributed by atoms with E-state index in [1.807, 2.05) is 12.1 Å². The van der Waals surface area contributed by atoms with Crippen LogP contribution in [-0.2, 0) is 12.8 Å². The van der Waals surface area contributed by atoms with E-state index in [1.54, 1.807) is 6.92 Å². The Balaban J connectivity index is 2.11. The summed E-state index contributed by atoms with van der Waals surface area (Å²) in [6.45, 7) is 1.75. The quantitative estimate of drug-likeness (QED) is 0.352.